The van der Waals surface area contributed by atoms with Gasteiger partial charge in [0.2, 0.25) is 11.8 Å². The zero-order valence-corrected chi connectivity index (χ0v) is 20.1. The minimum atomic E-state index is -0.181. The maximum atomic E-state index is 12.5. The van der Waals surface area contributed by atoms with Crippen LogP contribution < -0.4 is 26.2 Å². The van der Waals surface area contributed by atoms with Crippen LogP contribution in [0.25, 0.3) is 0 Å². The number of thiocarbonyl (C=S) groups is 1. The van der Waals surface area contributed by atoms with Crippen LogP contribution in [0.1, 0.15) is 32.1 Å². The fraction of sp³-hybridized carbons (Fsp3) is 0.652. The molecule has 11 heteroatoms. The summed E-state index contributed by atoms with van der Waals surface area (Å²) in [7, 11) is 0. The van der Waals surface area contributed by atoms with E-state index in [9.17, 15) is 9.59 Å². The van der Waals surface area contributed by atoms with Crippen molar-refractivity contribution < 1.29 is 14.3 Å². The van der Waals surface area contributed by atoms with Crippen molar-refractivity contribution in [3.8, 4) is 0 Å². The van der Waals surface area contributed by atoms with Gasteiger partial charge in [-0.25, -0.2) is 4.98 Å². The van der Waals surface area contributed by atoms with E-state index in [0.717, 1.165) is 63.6 Å². The van der Waals surface area contributed by atoms with Crippen LogP contribution in [-0.2, 0) is 14.3 Å². The number of carbonyl (C=O) groups is 2. The van der Waals surface area contributed by atoms with Gasteiger partial charge in [-0.1, -0.05) is 0 Å². The zero-order chi connectivity index (χ0) is 23.5. The van der Waals surface area contributed by atoms with Crippen LogP contribution in [0.4, 0.5) is 11.5 Å². The number of amides is 2. The van der Waals surface area contributed by atoms with Crippen molar-refractivity contribution in [3.63, 3.8) is 0 Å². The van der Waals surface area contributed by atoms with Crippen molar-refractivity contribution in [1.82, 2.24) is 25.8 Å². The van der Waals surface area contributed by atoms with E-state index < -0.39 is 0 Å². The molecule has 3 saturated heterocycles. The van der Waals surface area contributed by atoms with Gasteiger partial charge in [0.1, 0.15) is 5.82 Å². The Morgan fingerprint density at radius 3 is 2.76 bits per heavy atom. The van der Waals surface area contributed by atoms with Gasteiger partial charge in [-0.05, 0) is 50.0 Å². The molecule has 1 saturated carbocycles. The number of ether oxygens (including phenoxy) is 1. The Hall–Kier alpha value is -2.50. The van der Waals surface area contributed by atoms with E-state index in [4.69, 9.17) is 17.0 Å². The molecule has 4 aliphatic rings. The number of rotatable bonds is 7. The van der Waals surface area contributed by atoms with Crippen LogP contribution >= 0.6 is 12.2 Å². The third-order valence-electron chi connectivity index (χ3n) is 6.95. The van der Waals surface area contributed by atoms with Crippen LogP contribution in [0, 0.1) is 0 Å². The molecule has 1 aliphatic carbocycles. The molecule has 184 valence electrons. The Labute approximate surface area is 205 Å². The van der Waals surface area contributed by atoms with Crippen molar-refractivity contribution in [1.29, 1.82) is 0 Å². The fourth-order valence-corrected chi connectivity index (χ4v) is 5.25. The van der Waals surface area contributed by atoms with E-state index in [-0.39, 0.29) is 29.9 Å². The van der Waals surface area contributed by atoms with Crippen molar-refractivity contribution in [2.45, 2.75) is 56.3 Å². The zero-order valence-electron chi connectivity index (χ0n) is 19.3. The summed E-state index contributed by atoms with van der Waals surface area (Å²) in [6.07, 6.45) is 5.89. The van der Waals surface area contributed by atoms with E-state index in [1.165, 1.54) is 0 Å². The summed E-state index contributed by atoms with van der Waals surface area (Å²) in [5.41, 5.74) is 0.822. The summed E-state index contributed by atoms with van der Waals surface area (Å²) in [5, 5.41) is 13.2. The number of nitrogens with zero attached hydrogens (tertiary/aromatic N) is 3. The molecule has 5 rings (SSSR count). The van der Waals surface area contributed by atoms with E-state index >= 15 is 0 Å². The first-order valence-electron chi connectivity index (χ1n) is 12.2. The Morgan fingerprint density at radius 1 is 1.21 bits per heavy atom. The molecule has 10 nitrogen and oxygen atoms in total. The van der Waals surface area contributed by atoms with Gasteiger partial charge in [-0.3, -0.25) is 14.5 Å². The molecule has 4 N–H and O–H groups in total. The van der Waals surface area contributed by atoms with Crippen LogP contribution in [-0.4, -0.2) is 90.4 Å². The molecule has 0 spiro atoms. The molecule has 0 aromatic carbocycles. The molecule has 0 unspecified atom stereocenters. The second-order valence-corrected chi connectivity index (χ2v) is 9.94. The number of fused-ring (bicyclic) bond motifs is 1. The molecule has 3 aliphatic heterocycles. The second-order valence-electron chi connectivity index (χ2n) is 9.53. The largest absolute Gasteiger partial charge is 0.378 e. The Balaban J connectivity index is 1.11. The monoisotopic (exact) mass is 487 g/mol. The van der Waals surface area contributed by atoms with Crippen molar-refractivity contribution >= 4 is 40.6 Å². The Kier molecular flexibility index (Phi) is 7.12. The lowest BCUT2D eigenvalue weighted by Crippen LogP contribution is -2.58. The molecular weight excluding hydrogens is 454 g/mol. The minimum absolute atomic E-state index is 0.0600. The number of hydrogen-bond acceptors (Lipinski definition) is 7. The van der Waals surface area contributed by atoms with Gasteiger partial charge < -0.3 is 30.9 Å². The highest BCUT2D eigenvalue weighted by Crippen LogP contribution is 2.26. The molecule has 1 aromatic heterocycles. The summed E-state index contributed by atoms with van der Waals surface area (Å²) in [6.45, 7) is 4.45. The van der Waals surface area contributed by atoms with E-state index in [1.54, 1.807) is 6.20 Å². The Morgan fingerprint density at radius 2 is 2.03 bits per heavy atom. The van der Waals surface area contributed by atoms with E-state index in [0.29, 0.717) is 30.5 Å². The maximum Gasteiger partial charge on any atom is 0.237 e. The standard InChI is InChI=1S/C23H33N7O3S/c31-21(26-15-1-2-15)6-4-18-13-25-22(32)19-11-17(14-30(18)19)28-23(34)27-16-3-5-20(24-12-16)29-7-9-33-10-8-29/h3,5,12,15,17-19H,1-2,4,6-11,13-14H2,(H,25,32)(H,26,31)(H2,27,28,34)/t17-,18+,19-/m0/s1. The van der Waals surface area contributed by atoms with Gasteiger partial charge in [0.25, 0.3) is 0 Å². The lowest BCUT2D eigenvalue weighted by Gasteiger charge is -2.37. The van der Waals surface area contributed by atoms with Gasteiger partial charge in [-0.2, -0.15) is 0 Å². The smallest absolute Gasteiger partial charge is 0.237 e. The number of aromatic nitrogens is 1. The second kappa shape index (κ2) is 10.4. The topological polar surface area (TPSA) is 111 Å². The number of carbonyl (C=O) groups excluding carboxylic acids is 2. The number of nitrogens with one attached hydrogen (secondary N) is 4. The van der Waals surface area contributed by atoms with Gasteiger partial charge in [0.05, 0.1) is 31.1 Å². The maximum absolute atomic E-state index is 12.5. The highest BCUT2D eigenvalue weighted by molar-refractivity contribution is 7.80. The predicted octanol–water partition coefficient (Wildman–Crippen LogP) is 0.205. The van der Waals surface area contributed by atoms with Crippen LogP contribution in [0.5, 0.6) is 0 Å². The van der Waals surface area contributed by atoms with Gasteiger partial charge in [0, 0.05) is 50.7 Å². The number of anilines is 2. The van der Waals surface area contributed by atoms with Crippen molar-refractivity contribution in [2.24, 2.45) is 0 Å². The van der Waals surface area contributed by atoms with Crippen molar-refractivity contribution in [2.75, 3.05) is 49.6 Å². The highest BCUT2D eigenvalue weighted by Gasteiger charge is 2.43. The third kappa shape index (κ3) is 5.76. The summed E-state index contributed by atoms with van der Waals surface area (Å²) in [4.78, 5) is 33.6. The fourth-order valence-electron chi connectivity index (χ4n) is 4.97. The van der Waals surface area contributed by atoms with E-state index in [1.807, 2.05) is 12.1 Å². The molecule has 3 atom stereocenters. The summed E-state index contributed by atoms with van der Waals surface area (Å²) in [6, 6.07) is 4.39. The minimum Gasteiger partial charge on any atom is -0.378 e. The molecule has 4 fully saturated rings. The summed E-state index contributed by atoms with van der Waals surface area (Å²) < 4.78 is 5.40. The molecular formula is C23H33N7O3S. The Bertz CT molecular complexity index is 904. The first-order valence-corrected chi connectivity index (χ1v) is 12.6. The number of hydrogen-bond donors (Lipinski definition) is 4. The number of pyridine rings is 1. The number of morpholine rings is 1. The van der Waals surface area contributed by atoms with Crippen LogP contribution in [0.15, 0.2) is 18.3 Å². The average Bonchev–Trinajstić information content (AvgIpc) is 3.55. The first-order chi connectivity index (χ1) is 16.5. The predicted molar refractivity (Wildman–Crippen MR) is 133 cm³/mol. The highest BCUT2D eigenvalue weighted by atomic mass is 32.1. The third-order valence-corrected chi connectivity index (χ3v) is 7.17. The normalized spacial score (nSPS) is 27.0. The summed E-state index contributed by atoms with van der Waals surface area (Å²) in [5.74, 6) is 1.11. The van der Waals surface area contributed by atoms with Gasteiger partial charge in [0.15, 0.2) is 5.11 Å². The van der Waals surface area contributed by atoms with Gasteiger partial charge in [-0.15, -0.1) is 0 Å². The first kappa shape index (κ1) is 23.3. The lowest BCUT2D eigenvalue weighted by atomic mass is 10.0. The molecule has 1 aromatic rings. The SMILES string of the molecule is O=C(CC[C@@H]1CNC(=O)[C@@H]2C[C@H](NC(=S)Nc3ccc(N4CCOCC4)nc3)CN12)NC1CC1. The quantitative estimate of drug-likeness (QED) is 0.401. The lowest BCUT2D eigenvalue weighted by molar-refractivity contribution is -0.129. The van der Waals surface area contributed by atoms with Crippen molar-refractivity contribution in [3.05, 3.63) is 18.3 Å². The molecule has 0 radical (unpaired) electrons. The molecule has 0 bridgehead atoms. The number of piperazine rings is 1. The summed E-state index contributed by atoms with van der Waals surface area (Å²) >= 11 is 5.54. The van der Waals surface area contributed by atoms with Crippen LogP contribution in [0.2, 0.25) is 0 Å². The van der Waals surface area contributed by atoms with Gasteiger partial charge >= 0.3 is 0 Å². The van der Waals surface area contributed by atoms with Crippen LogP contribution in [0.3, 0.4) is 0 Å². The molecule has 34 heavy (non-hydrogen) atoms. The molecule has 4 heterocycles. The van der Waals surface area contributed by atoms with E-state index in [2.05, 4.69) is 36.1 Å². The molecule has 2 amide bonds. The average molecular weight is 488 g/mol.